The van der Waals surface area contributed by atoms with Crippen molar-refractivity contribution in [3.63, 3.8) is 0 Å². The predicted octanol–water partition coefficient (Wildman–Crippen LogP) is -0.516. The molecule has 1 amide bonds. The molecule has 0 saturated carbocycles. The van der Waals surface area contributed by atoms with Crippen molar-refractivity contribution < 1.29 is 9.90 Å². The van der Waals surface area contributed by atoms with Gasteiger partial charge in [-0.2, -0.15) is 0 Å². The van der Waals surface area contributed by atoms with Gasteiger partial charge in [0.2, 0.25) is 0 Å². The van der Waals surface area contributed by atoms with Gasteiger partial charge in [0.05, 0.1) is 6.54 Å². The standard InChI is InChI=1S/C13H13N5O2/c1-18-9-16-17-12(18)8-15-13(20)11-5-4-10(7-14-11)3-2-6-19/h4-5,7,9,19H,6,8H2,1H3,(H,15,20). The maximum atomic E-state index is 11.9. The Kier molecular flexibility index (Phi) is 4.42. The maximum absolute atomic E-state index is 11.9. The minimum atomic E-state index is -0.297. The van der Waals surface area contributed by atoms with Gasteiger partial charge in [-0.1, -0.05) is 11.8 Å². The quantitative estimate of drug-likeness (QED) is 0.733. The van der Waals surface area contributed by atoms with Crippen LogP contribution in [0.25, 0.3) is 0 Å². The van der Waals surface area contributed by atoms with Crippen LogP contribution >= 0.6 is 0 Å². The summed E-state index contributed by atoms with van der Waals surface area (Å²) < 4.78 is 1.72. The third kappa shape index (κ3) is 3.40. The molecule has 0 aliphatic rings. The third-order valence-electron chi connectivity index (χ3n) is 2.52. The van der Waals surface area contributed by atoms with Crippen LogP contribution in [-0.2, 0) is 13.6 Å². The van der Waals surface area contributed by atoms with Gasteiger partial charge in [-0.15, -0.1) is 10.2 Å². The van der Waals surface area contributed by atoms with Crippen molar-refractivity contribution in [3.8, 4) is 11.8 Å². The SMILES string of the molecule is Cn1cnnc1CNC(=O)c1ccc(C#CCO)cn1. The molecule has 0 bridgehead atoms. The lowest BCUT2D eigenvalue weighted by Crippen LogP contribution is -2.25. The van der Waals surface area contributed by atoms with E-state index in [-0.39, 0.29) is 19.1 Å². The fraction of sp³-hybridized carbons (Fsp3) is 0.231. The normalized spacial score (nSPS) is 9.70. The number of hydrogen-bond donors (Lipinski definition) is 2. The molecule has 2 heterocycles. The number of aromatic nitrogens is 4. The first kappa shape index (κ1) is 13.7. The zero-order valence-corrected chi connectivity index (χ0v) is 10.9. The first-order valence-electron chi connectivity index (χ1n) is 5.87. The van der Waals surface area contributed by atoms with Crippen LogP contribution in [0.5, 0.6) is 0 Å². The molecule has 0 aliphatic carbocycles. The Balaban J connectivity index is 1.97. The summed E-state index contributed by atoms with van der Waals surface area (Å²) >= 11 is 0. The zero-order chi connectivity index (χ0) is 14.4. The average molecular weight is 271 g/mol. The molecule has 0 atom stereocenters. The van der Waals surface area contributed by atoms with Crippen LogP contribution in [0.4, 0.5) is 0 Å². The molecular formula is C13H13N5O2. The highest BCUT2D eigenvalue weighted by molar-refractivity contribution is 5.92. The van der Waals surface area contributed by atoms with Gasteiger partial charge < -0.3 is 15.0 Å². The number of carbonyl (C=O) groups excluding carboxylic acids is 1. The molecule has 2 aromatic heterocycles. The van der Waals surface area contributed by atoms with Crippen molar-refractivity contribution in [2.75, 3.05) is 6.61 Å². The first-order chi connectivity index (χ1) is 9.70. The van der Waals surface area contributed by atoms with Crippen molar-refractivity contribution >= 4 is 5.91 Å². The van der Waals surface area contributed by atoms with Crippen molar-refractivity contribution in [2.24, 2.45) is 7.05 Å². The van der Waals surface area contributed by atoms with E-state index in [1.54, 1.807) is 30.1 Å². The molecule has 0 radical (unpaired) electrons. The molecule has 2 rings (SSSR count). The van der Waals surface area contributed by atoms with Crippen LogP contribution in [0.15, 0.2) is 24.7 Å². The molecule has 0 saturated heterocycles. The van der Waals surface area contributed by atoms with Gasteiger partial charge in [-0.25, -0.2) is 4.98 Å². The Morgan fingerprint density at radius 2 is 2.35 bits per heavy atom. The summed E-state index contributed by atoms with van der Waals surface area (Å²) in [7, 11) is 1.80. The minimum absolute atomic E-state index is 0.208. The van der Waals surface area contributed by atoms with Gasteiger partial charge in [-0.05, 0) is 12.1 Å². The van der Waals surface area contributed by atoms with E-state index in [1.165, 1.54) is 6.20 Å². The van der Waals surface area contributed by atoms with Crippen LogP contribution in [-0.4, -0.2) is 37.4 Å². The highest BCUT2D eigenvalue weighted by atomic mass is 16.2. The monoisotopic (exact) mass is 271 g/mol. The number of amides is 1. The number of aliphatic hydroxyl groups is 1. The smallest absolute Gasteiger partial charge is 0.270 e. The van der Waals surface area contributed by atoms with Crippen LogP contribution in [0.2, 0.25) is 0 Å². The van der Waals surface area contributed by atoms with Gasteiger partial charge in [0.1, 0.15) is 18.6 Å². The number of carbonyl (C=O) groups is 1. The molecule has 0 aromatic carbocycles. The predicted molar refractivity (Wildman–Crippen MR) is 70.4 cm³/mol. The molecule has 102 valence electrons. The molecule has 2 N–H and O–H groups in total. The largest absolute Gasteiger partial charge is 0.384 e. The molecule has 0 fully saturated rings. The number of pyridine rings is 1. The second-order valence-corrected chi connectivity index (χ2v) is 3.93. The Morgan fingerprint density at radius 1 is 1.50 bits per heavy atom. The summed E-state index contributed by atoms with van der Waals surface area (Å²) in [4.78, 5) is 15.9. The van der Waals surface area contributed by atoms with Crippen LogP contribution in [0.3, 0.4) is 0 Å². The molecule has 0 aliphatic heterocycles. The summed E-state index contributed by atoms with van der Waals surface area (Å²) in [5.74, 6) is 5.58. The van der Waals surface area contributed by atoms with Gasteiger partial charge in [-0.3, -0.25) is 4.79 Å². The highest BCUT2D eigenvalue weighted by Gasteiger charge is 2.08. The molecule has 2 aromatic rings. The van der Waals surface area contributed by atoms with Crippen LogP contribution in [0, 0.1) is 11.8 Å². The topological polar surface area (TPSA) is 92.9 Å². The molecule has 0 unspecified atom stereocenters. The van der Waals surface area contributed by atoms with E-state index in [1.807, 2.05) is 0 Å². The fourth-order valence-corrected chi connectivity index (χ4v) is 1.46. The summed E-state index contributed by atoms with van der Waals surface area (Å²) in [5.41, 5.74) is 0.936. The van der Waals surface area contributed by atoms with E-state index >= 15 is 0 Å². The van der Waals surface area contributed by atoms with E-state index < -0.39 is 0 Å². The van der Waals surface area contributed by atoms with E-state index in [4.69, 9.17) is 5.11 Å². The first-order valence-corrected chi connectivity index (χ1v) is 5.87. The molecule has 7 nitrogen and oxygen atoms in total. The Morgan fingerprint density at radius 3 is 2.95 bits per heavy atom. The molecule has 20 heavy (non-hydrogen) atoms. The van der Waals surface area contributed by atoms with Crippen molar-refractivity contribution in [1.29, 1.82) is 0 Å². The second-order valence-electron chi connectivity index (χ2n) is 3.93. The fourth-order valence-electron chi connectivity index (χ4n) is 1.46. The van der Waals surface area contributed by atoms with Gasteiger partial charge in [0.25, 0.3) is 5.91 Å². The highest BCUT2D eigenvalue weighted by Crippen LogP contribution is 1.99. The molecule has 7 heteroatoms. The molecule has 0 spiro atoms. The Hall–Kier alpha value is -2.72. The maximum Gasteiger partial charge on any atom is 0.270 e. The van der Waals surface area contributed by atoms with Crippen LogP contribution < -0.4 is 5.32 Å². The summed E-state index contributed by atoms with van der Waals surface area (Å²) in [6.07, 6.45) is 3.05. The van der Waals surface area contributed by atoms with Crippen molar-refractivity contribution in [2.45, 2.75) is 6.54 Å². The number of rotatable bonds is 3. The second kappa shape index (κ2) is 6.45. The average Bonchev–Trinajstić information content (AvgIpc) is 2.88. The summed E-state index contributed by atoms with van der Waals surface area (Å²) in [5, 5.41) is 18.9. The van der Waals surface area contributed by atoms with Crippen molar-refractivity contribution in [1.82, 2.24) is 25.1 Å². The van der Waals surface area contributed by atoms with Gasteiger partial charge in [0.15, 0.2) is 5.82 Å². The van der Waals surface area contributed by atoms with E-state index in [0.29, 0.717) is 17.1 Å². The lowest BCUT2D eigenvalue weighted by molar-refractivity contribution is 0.0944. The number of aryl methyl sites for hydroxylation is 1. The molecular weight excluding hydrogens is 258 g/mol. The zero-order valence-electron chi connectivity index (χ0n) is 10.9. The van der Waals surface area contributed by atoms with Gasteiger partial charge in [0, 0.05) is 18.8 Å². The number of nitrogens with one attached hydrogen (secondary N) is 1. The number of nitrogens with zero attached hydrogens (tertiary/aromatic N) is 4. The number of hydrogen-bond acceptors (Lipinski definition) is 5. The lowest BCUT2D eigenvalue weighted by Gasteiger charge is -2.04. The van der Waals surface area contributed by atoms with E-state index in [2.05, 4.69) is 32.3 Å². The lowest BCUT2D eigenvalue weighted by atomic mass is 10.2. The van der Waals surface area contributed by atoms with E-state index in [0.717, 1.165) is 0 Å². The number of aliphatic hydroxyl groups excluding tert-OH is 1. The van der Waals surface area contributed by atoms with Gasteiger partial charge >= 0.3 is 0 Å². The third-order valence-corrected chi connectivity index (χ3v) is 2.52. The summed E-state index contributed by atoms with van der Waals surface area (Å²) in [6, 6.07) is 3.25. The van der Waals surface area contributed by atoms with Crippen LogP contribution in [0.1, 0.15) is 21.9 Å². The van der Waals surface area contributed by atoms with Crippen molar-refractivity contribution in [3.05, 3.63) is 41.7 Å². The minimum Gasteiger partial charge on any atom is -0.384 e. The van der Waals surface area contributed by atoms with E-state index in [9.17, 15) is 4.79 Å². The summed E-state index contributed by atoms with van der Waals surface area (Å²) in [6.45, 7) is 0.0724. The Labute approximate surface area is 115 Å². The Bertz CT molecular complexity index is 651.